The van der Waals surface area contributed by atoms with E-state index in [4.69, 9.17) is 0 Å². The van der Waals surface area contributed by atoms with Crippen LogP contribution in [0.4, 0.5) is 0 Å². The molecule has 0 radical (unpaired) electrons. The molecule has 0 bridgehead atoms. The number of aromatic nitrogens is 3. The SMILES string of the molecule is c1ccc(-n2c3ccccc3c3cc(-c4cccc(-n5c6ccccc6c6ccc7c(c8ccccc8n7-c7ccc8ccccc8c7)c65)c4)ccc32)cc1. The zero-order valence-corrected chi connectivity index (χ0v) is 29.9. The van der Waals surface area contributed by atoms with Gasteiger partial charge < -0.3 is 13.7 Å². The molecule has 9 aromatic carbocycles. The molecule has 3 nitrogen and oxygen atoms in total. The molecule has 0 unspecified atom stereocenters. The Balaban J connectivity index is 1.11. The summed E-state index contributed by atoms with van der Waals surface area (Å²) in [6.07, 6.45) is 0. The molecule has 0 aliphatic heterocycles. The van der Waals surface area contributed by atoms with Gasteiger partial charge in [0.1, 0.15) is 0 Å². The molecule has 0 aliphatic rings. The van der Waals surface area contributed by atoms with E-state index < -0.39 is 0 Å². The van der Waals surface area contributed by atoms with E-state index in [9.17, 15) is 0 Å². The van der Waals surface area contributed by atoms with Crippen molar-refractivity contribution in [1.29, 1.82) is 0 Å². The molecule has 12 aromatic rings. The lowest BCUT2D eigenvalue weighted by Gasteiger charge is -2.12. The minimum Gasteiger partial charge on any atom is -0.309 e. The van der Waals surface area contributed by atoms with E-state index in [1.54, 1.807) is 0 Å². The summed E-state index contributed by atoms with van der Waals surface area (Å²) in [4.78, 5) is 0. The van der Waals surface area contributed by atoms with Crippen LogP contribution in [-0.4, -0.2) is 13.7 Å². The molecule has 3 heteroatoms. The van der Waals surface area contributed by atoms with Crippen molar-refractivity contribution >= 4 is 76.2 Å². The summed E-state index contributed by atoms with van der Waals surface area (Å²) in [5.74, 6) is 0. The van der Waals surface area contributed by atoms with Gasteiger partial charge in [-0.3, -0.25) is 0 Å². The molecule has 12 rings (SSSR count). The second-order valence-electron chi connectivity index (χ2n) is 14.6. The zero-order valence-electron chi connectivity index (χ0n) is 29.9. The summed E-state index contributed by atoms with van der Waals surface area (Å²) in [6.45, 7) is 0. The zero-order chi connectivity index (χ0) is 36.0. The van der Waals surface area contributed by atoms with E-state index in [1.807, 2.05) is 0 Å². The van der Waals surface area contributed by atoms with Gasteiger partial charge in [0.2, 0.25) is 0 Å². The predicted molar refractivity (Wildman–Crippen MR) is 232 cm³/mol. The number of nitrogens with zero attached hydrogens (tertiary/aromatic N) is 3. The highest BCUT2D eigenvalue weighted by molar-refractivity contribution is 6.26. The van der Waals surface area contributed by atoms with Crippen LogP contribution in [0.1, 0.15) is 0 Å². The van der Waals surface area contributed by atoms with Crippen molar-refractivity contribution in [3.05, 3.63) is 200 Å². The van der Waals surface area contributed by atoms with Crippen molar-refractivity contribution in [3.63, 3.8) is 0 Å². The number of fused-ring (bicyclic) bond motifs is 11. The first-order valence-corrected chi connectivity index (χ1v) is 18.9. The summed E-state index contributed by atoms with van der Waals surface area (Å²) in [7, 11) is 0. The normalized spacial score (nSPS) is 12.0. The Kier molecular flexibility index (Phi) is 6.34. The van der Waals surface area contributed by atoms with E-state index in [2.05, 4.69) is 214 Å². The quantitative estimate of drug-likeness (QED) is 0.174. The molecule has 3 aromatic heterocycles. The molecule has 0 N–H and O–H groups in total. The lowest BCUT2D eigenvalue weighted by atomic mass is 10.0. The summed E-state index contributed by atoms with van der Waals surface area (Å²) in [5.41, 5.74) is 13.1. The molecule has 0 atom stereocenters. The van der Waals surface area contributed by atoms with E-state index in [0.29, 0.717) is 0 Å². The highest BCUT2D eigenvalue weighted by Crippen LogP contribution is 2.43. The fourth-order valence-electron chi connectivity index (χ4n) is 9.20. The van der Waals surface area contributed by atoms with Gasteiger partial charge >= 0.3 is 0 Å². The van der Waals surface area contributed by atoms with Crippen molar-refractivity contribution in [1.82, 2.24) is 13.7 Å². The van der Waals surface area contributed by atoms with Crippen LogP contribution in [0.3, 0.4) is 0 Å². The van der Waals surface area contributed by atoms with Gasteiger partial charge in [-0.25, -0.2) is 0 Å². The van der Waals surface area contributed by atoms with Crippen molar-refractivity contribution in [2.75, 3.05) is 0 Å². The second-order valence-corrected chi connectivity index (χ2v) is 14.6. The molecular formula is C52H33N3. The Morgan fingerprint density at radius 3 is 1.64 bits per heavy atom. The Bertz CT molecular complexity index is 3490. The van der Waals surface area contributed by atoms with Crippen LogP contribution in [0.15, 0.2) is 200 Å². The Morgan fingerprint density at radius 2 is 0.818 bits per heavy atom. The van der Waals surface area contributed by atoms with Gasteiger partial charge in [0.25, 0.3) is 0 Å². The summed E-state index contributed by atoms with van der Waals surface area (Å²) in [5, 5.41) is 10.0. The molecule has 0 saturated heterocycles. The smallest absolute Gasteiger partial charge is 0.0641 e. The van der Waals surface area contributed by atoms with Crippen molar-refractivity contribution in [2.24, 2.45) is 0 Å². The van der Waals surface area contributed by atoms with Gasteiger partial charge in [-0.2, -0.15) is 0 Å². The van der Waals surface area contributed by atoms with Crippen molar-refractivity contribution < 1.29 is 0 Å². The molecule has 0 aliphatic carbocycles. The van der Waals surface area contributed by atoms with Gasteiger partial charge in [-0.15, -0.1) is 0 Å². The lowest BCUT2D eigenvalue weighted by molar-refractivity contribution is 1.18. The number of rotatable bonds is 4. The van der Waals surface area contributed by atoms with Gasteiger partial charge in [0.05, 0.1) is 33.1 Å². The molecule has 0 saturated carbocycles. The van der Waals surface area contributed by atoms with E-state index >= 15 is 0 Å². The number of hydrogen-bond acceptors (Lipinski definition) is 0. The topological polar surface area (TPSA) is 14.8 Å². The van der Waals surface area contributed by atoms with Crippen molar-refractivity contribution in [2.45, 2.75) is 0 Å². The van der Waals surface area contributed by atoms with Gasteiger partial charge in [0, 0.05) is 49.4 Å². The van der Waals surface area contributed by atoms with Crippen LogP contribution in [0.2, 0.25) is 0 Å². The van der Waals surface area contributed by atoms with Crippen LogP contribution < -0.4 is 0 Å². The van der Waals surface area contributed by atoms with Gasteiger partial charge in [-0.1, -0.05) is 127 Å². The highest BCUT2D eigenvalue weighted by Gasteiger charge is 2.21. The van der Waals surface area contributed by atoms with Crippen LogP contribution >= 0.6 is 0 Å². The molecule has 256 valence electrons. The maximum Gasteiger partial charge on any atom is 0.0641 e. The molecular weight excluding hydrogens is 667 g/mol. The van der Waals surface area contributed by atoms with Crippen molar-refractivity contribution in [3.8, 4) is 28.2 Å². The summed E-state index contributed by atoms with van der Waals surface area (Å²) < 4.78 is 7.31. The van der Waals surface area contributed by atoms with Crippen LogP contribution in [-0.2, 0) is 0 Å². The Hall–Kier alpha value is -7.36. The summed E-state index contributed by atoms with van der Waals surface area (Å²) in [6, 6.07) is 73.2. The maximum absolute atomic E-state index is 2.49. The largest absolute Gasteiger partial charge is 0.309 e. The number of benzene rings is 9. The Morgan fingerprint density at radius 1 is 0.255 bits per heavy atom. The van der Waals surface area contributed by atoms with E-state index in [-0.39, 0.29) is 0 Å². The second kappa shape index (κ2) is 11.6. The average Bonchev–Trinajstić information content (AvgIpc) is 3.89. The Labute approximate surface area is 317 Å². The first-order chi connectivity index (χ1) is 27.3. The van der Waals surface area contributed by atoms with Crippen LogP contribution in [0, 0.1) is 0 Å². The molecule has 0 spiro atoms. The molecule has 3 heterocycles. The average molecular weight is 700 g/mol. The van der Waals surface area contributed by atoms with Crippen LogP contribution in [0.25, 0.3) is 104 Å². The van der Waals surface area contributed by atoms with Gasteiger partial charge in [-0.05, 0) is 94.7 Å². The van der Waals surface area contributed by atoms with Gasteiger partial charge in [0.15, 0.2) is 0 Å². The highest BCUT2D eigenvalue weighted by atomic mass is 15.0. The molecule has 0 fully saturated rings. The van der Waals surface area contributed by atoms with Crippen LogP contribution in [0.5, 0.6) is 0 Å². The van der Waals surface area contributed by atoms with E-state index in [0.717, 1.165) is 11.4 Å². The molecule has 55 heavy (non-hydrogen) atoms. The maximum atomic E-state index is 2.49. The third-order valence-electron chi connectivity index (χ3n) is 11.6. The predicted octanol–water partition coefficient (Wildman–Crippen LogP) is 13.8. The third-order valence-corrected chi connectivity index (χ3v) is 11.6. The first kappa shape index (κ1) is 30.1. The fourth-order valence-corrected chi connectivity index (χ4v) is 9.20. The third kappa shape index (κ3) is 4.38. The molecule has 0 amide bonds. The monoisotopic (exact) mass is 699 g/mol. The minimum absolute atomic E-state index is 1.14. The summed E-state index contributed by atoms with van der Waals surface area (Å²) >= 11 is 0. The standard InChI is InChI=1S/C52H33N3/c1-2-16-38(17-3-1)53-46-22-9-7-20-42(46)45-33-37(26-29-49(45)53)36-15-12-18-39(32-36)55-47-23-10-6-19-41(47)43-28-30-50-51(52(43)55)44-21-8-11-24-48(44)54(50)40-27-25-34-13-4-5-14-35(34)31-40/h1-33H. The van der Waals surface area contributed by atoms with E-state index in [1.165, 1.54) is 93.0 Å². The number of hydrogen-bond donors (Lipinski definition) is 0. The lowest BCUT2D eigenvalue weighted by Crippen LogP contribution is -1.96. The minimum atomic E-state index is 1.14. The first-order valence-electron chi connectivity index (χ1n) is 18.9. The fraction of sp³-hybridized carbons (Fsp3) is 0. The number of para-hydroxylation sites is 4.